The molecule has 0 spiro atoms. The Kier molecular flexibility index (Phi) is 17.0. The molecule has 0 aromatic rings. The number of ketones is 1. The van der Waals surface area contributed by atoms with Gasteiger partial charge in [-0.15, -0.1) is 0 Å². The largest absolute Gasteiger partial charge is 0.466 e. The average Bonchev–Trinajstić information content (AvgIpc) is 3.17. The molecule has 0 aromatic carbocycles. The molecule has 192 valence electrons. The SMILES string of the molecule is CCCCCCCCCCCOC(=O)CCCCCN1CC(OC(=O)CCC)CC1C(C)=O. The van der Waals surface area contributed by atoms with Crippen molar-refractivity contribution in [2.75, 3.05) is 19.7 Å². The first-order chi connectivity index (χ1) is 16.0. The van der Waals surface area contributed by atoms with E-state index in [1.54, 1.807) is 6.92 Å². The molecule has 1 fully saturated rings. The molecule has 0 N–H and O–H groups in total. The van der Waals surface area contributed by atoms with Gasteiger partial charge < -0.3 is 9.47 Å². The quantitative estimate of drug-likeness (QED) is 0.162. The van der Waals surface area contributed by atoms with E-state index in [2.05, 4.69) is 11.8 Å². The topological polar surface area (TPSA) is 72.9 Å². The summed E-state index contributed by atoms with van der Waals surface area (Å²) in [6.07, 6.45) is 16.0. The monoisotopic (exact) mass is 467 g/mol. The summed E-state index contributed by atoms with van der Waals surface area (Å²) in [4.78, 5) is 37.8. The second-order valence-corrected chi connectivity index (χ2v) is 9.58. The molecule has 0 saturated carbocycles. The average molecular weight is 468 g/mol. The highest BCUT2D eigenvalue weighted by atomic mass is 16.5. The first kappa shape index (κ1) is 29.6. The molecule has 6 heteroatoms. The van der Waals surface area contributed by atoms with Gasteiger partial charge in [0.2, 0.25) is 0 Å². The highest BCUT2D eigenvalue weighted by Crippen LogP contribution is 2.22. The van der Waals surface area contributed by atoms with E-state index in [1.165, 1.54) is 44.9 Å². The summed E-state index contributed by atoms with van der Waals surface area (Å²) in [6, 6.07) is -0.161. The Bertz CT molecular complexity index is 551. The smallest absolute Gasteiger partial charge is 0.306 e. The maximum Gasteiger partial charge on any atom is 0.306 e. The fourth-order valence-corrected chi connectivity index (χ4v) is 4.50. The van der Waals surface area contributed by atoms with Crippen molar-refractivity contribution in [1.82, 2.24) is 4.90 Å². The van der Waals surface area contributed by atoms with Crippen LogP contribution in [0.4, 0.5) is 0 Å². The number of nitrogens with zero attached hydrogens (tertiary/aromatic N) is 1. The predicted molar refractivity (Wildman–Crippen MR) is 132 cm³/mol. The van der Waals surface area contributed by atoms with Gasteiger partial charge in [0.05, 0.1) is 12.6 Å². The van der Waals surface area contributed by atoms with Crippen LogP contribution < -0.4 is 0 Å². The van der Waals surface area contributed by atoms with E-state index in [4.69, 9.17) is 9.47 Å². The van der Waals surface area contributed by atoms with Gasteiger partial charge in [-0.05, 0) is 39.2 Å². The van der Waals surface area contributed by atoms with Gasteiger partial charge in [0.25, 0.3) is 0 Å². The number of esters is 2. The fraction of sp³-hybridized carbons (Fsp3) is 0.889. The van der Waals surface area contributed by atoms with Gasteiger partial charge in [0, 0.05) is 25.8 Å². The zero-order valence-corrected chi connectivity index (χ0v) is 21.6. The summed E-state index contributed by atoms with van der Waals surface area (Å²) in [5.41, 5.74) is 0. The number of rotatable bonds is 20. The molecule has 2 unspecified atom stereocenters. The van der Waals surface area contributed by atoms with E-state index in [1.807, 2.05) is 6.92 Å². The summed E-state index contributed by atoms with van der Waals surface area (Å²) < 4.78 is 10.9. The van der Waals surface area contributed by atoms with Crippen molar-refractivity contribution >= 4 is 17.7 Å². The molecular formula is C27H49NO5. The summed E-state index contributed by atoms with van der Waals surface area (Å²) in [6.45, 7) is 7.76. The third kappa shape index (κ3) is 14.4. The standard InChI is InChI=1S/C27H49NO5/c1-4-6-7-8-9-10-11-12-16-20-32-26(30)18-14-13-15-19-28-22-24(21-25(28)23(3)29)33-27(31)17-5-2/h24-25H,4-22H2,1-3H3. The predicted octanol–water partition coefficient (Wildman–Crippen LogP) is 6.00. The number of carbonyl (C=O) groups excluding carboxylic acids is 3. The first-order valence-corrected chi connectivity index (χ1v) is 13.6. The van der Waals surface area contributed by atoms with Crippen LogP contribution in [0.2, 0.25) is 0 Å². The number of hydrogen-bond donors (Lipinski definition) is 0. The Labute approximate surface area is 202 Å². The van der Waals surface area contributed by atoms with Crippen LogP contribution in [0.15, 0.2) is 0 Å². The minimum absolute atomic E-state index is 0.0970. The molecule has 6 nitrogen and oxygen atoms in total. The van der Waals surface area contributed by atoms with Crippen molar-refractivity contribution in [2.24, 2.45) is 0 Å². The lowest BCUT2D eigenvalue weighted by atomic mass is 10.1. The van der Waals surface area contributed by atoms with Crippen LogP contribution in [-0.2, 0) is 23.9 Å². The first-order valence-electron chi connectivity index (χ1n) is 13.6. The Morgan fingerprint density at radius 2 is 1.39 bits per heavy atom. The number of unbranched alkanes of at least 4 members (excludes halogenated alkanes) is 10. The van der Waals surface area contributed by atoms with Crippen LogP contribution in [0.3, 0.4) is 0 Å². The second-order valence-electron chi connectivity index (χ2n) is 9.58. The normalized spacial score (nSPS) is 18.4. The van der Waals surface area contributed by atoms with Gasteiger partial charge in [-0.1, -0.05) is 71.6 Å². The number of Topliss-reactive ketones (excluding diaryl/α,β-unsaturated/α-hetero) is 1. The van der Waals surface area contributed by atoms with Crippen molar-refractivity contribution in [1.29, 1.82) is 0 Å². The number of carbonyl (C=O) groups is 3. The molecule has 0 bridgehead atoms. The van der Waals surface area contributed by atoms with Crippen LogP contribution in [0.25, 0.3) is 0 Å². The zero-order valence-electron chi connectivity index (χ0n) is 21.6. The van der Waals surface area contributed by atoms with Crippen molar-refractivity contribution in [3.63, 3.8) is 0 Å². The lowest BCUT2D eigenvalue weighted by Crippen LogP contribution is -2.35. The molecule has 0 aliphatic carbocycles. The van der Waals surface area contributed by atoms with Gasteiger partial charge in [0.15, 0.2) is 0 Å². The lowest BCUT2D eigenvalue weighted by molar-refractivity contribution is -0.148. The molecule has 1 aliphatic heterocycles. The van der Waals surface area contributed by atoms with Gasteiger partial charge >= 0.3 is 11.9 Å². The van der Waals surface area contributed by atoms with Crippen LogP contribution in [0, 0.1) is 0 Å². The summed E-state index contributed by atoms with van der Waals surface area (Å²) in [5.74, 6) is -0.142. The molecular weight excluding hydrogens is 418 g/mol. The molecule has 1 rings (SSSR count). The third-order valence-electron chi connectivity index (χ3n) is 6.42. The maximum atomic E-state index is 12.0. The second kappa shape index (κ2) is 18.9. The van der Waals surface area contributed by atoms with Crippen molar-refractivity contribution in [3.8, 4) is 0 Å². The fourth-order valence-electron chi connectivity index (χ4n) is 4.50. The van der Waals surface area contributed by atoms with Crippen LogP contribution >= 0.6 is 0 Å². The molecule has 33 heavy (non-hydrogen) atoms. The van der Waals surface area contributed by atoms with Gasteiger partial charge in [-0.25, -0.2) is 0 Å². The highest BCUT2D eigenvalue weighted by Gasteiger charge is 2.36. The molecule has 0 radical (unpaired) electrons. The molecule has 0 aromatic heterocycles. The molecule has 2 atom stereocenters. The van der Waals surface area contributed by atoms with Crippen LogP contribution in [0.5, 0.6) is 0 Å². The van der Waals surface area contributed by atoms with E-state index < -0.39 is 0 Å². The number of hydrogen-bond acceptors (Lipinski definition) is 6. The van der Waals surface area contributed by atoms with Crippen molar-refractivity contribution < 1.29 is 23.9 Å². The Hall–Kier alpha value is -1.43. The number of ether oxygens (including phenoxy) is 2. The Morgan fingerprint density at radius 3 is 2.03 bits per heavy atom. The van der Waals surface area contributed by atoms with Gasteiger partial charge in [-0.3, -0.25) is 19.3 Å². The summed E-state index contributed by atoms with van der Waals surface area (Å²) in [5, 5.41) is 0. The van der Waals surface area contributed by atoms with Gasteiger partial charge in [0.1, 0.15) is 11.9 Å². The Morgan fingerprint density at radius 1 is 0.758 bits per heavy atom. The van der Waals surface area contributed by atoms with Crippen LogP contribution in [0.1, 0.15) is 124 Å². The molecule has 0 amide bonds. The lowest BCUT2D eigenvalue weighted by Gasteiger charge is -2.21. The molecule has 1 saturated heterocycles. The van der Waals surface area contributed by atoms with E-state index in [0.717, 1.165) is 45.1 Å². The zero-order chi connectivity index (χ0) is 24.3. The van der Waals surface area contributed by atoms with E-state index in [-0.39, 0.29) is 29.9 Å². The summed E-state index contributed by atoms with van der Waals surface area (Å²) in [7, 11) is 0. The minimum atomic E-state index is -0.186. The van der Waals surface area contributed by atoms with Gasteiger partial charge in [-0.2, -0.15) is 0 Å². The van der Waals surface area contributed by atoms with Crippen molar-refractivity contribution in [2.45, 2.75) is 136 Å². The highest BCUT2D eigenvalue weighted by molar-refractivity contribution is 5.82. The Balaban J connectivity index is 2.05. The maximum absolute atomic E-state index is 12.0. The van der Waals surface area contributed by atoms with E-state index in [9.17, 15) is 14.4 Å². The molecule has 1 aliphatic rings. The molecule has 1 heterocycles. The number of likely N-dealkylation sites (tertiary alicyclic amines) is 1. The van der Waals surface area contributed by atoms with E-state index >= 15 is 0 Å². The third-order valence-corrected chi connectivity index (χ3v) is 6.42. The summed E-state index contributed by atoms with van der Waals surface area (Å²) >= 11 is 0. The van der Waals surface area contributed by atoms with Crippen LogP contribution in [-0.4, -0.2) is 54.5 Å². The minimum Gasteiger partial charge on any atom is -0.466 e. The van der Waals surface area contributed by atoms with Crippen molar-refractivity contribution in [3.05, 3.63) is 0 Å². The van der Waals surface area contributed by atoms with E-state index in [0.29, 0.717) is 32.4 Å².